The van der Waals surface area contributed by atoms with Gasteiger partial charge in [-0.1, -0.05) is 11.2 Å². The number of nitrogens with zero attached hydrogens (tertiary/aromatic N) is 5. The normalized spacial score (nSPS) is 15.6. The van der Waals surface area contributed by atoms with Gasteiger partial charge in [0.05, 0.1) is 6.26 Å². The zero-order valence-corrected chi connectivity index (χ0v) is 12.8. The van der Waals surface area contributed by atoms with Crippen LogP contribution in [0.25, 0.3) is 11.5 Å². The number of aromatic amines is 1. The Morgan fingerprint density at radius 2 is 2.25 bits per heavy atom. The number of rotatable bonds is 2. The molecule has 1 atom stereocenters. The Morgan fingerprint density at radius 3 is 3.04 bits per heavy atom. The van der Waals surface area contributed by atoms with Gasteiger partial charge >= 0.3 is 0 Å². The molecule has 2 N–H and O–H groups in total. The number of tetrazole rings is 1. The molecule has 0 aromatic carbocycles. The van der Waals surface area contributed by atoms with Crippen LogP contribution >= 0.6 is 11.3 Å². The van der Waals surface area contributed by atoms with Crippen molar-refractivity contribution in [1.29, 1.82) is 0 Å². The van der Waals surface area contributed by atoms with E-state index in [9.17, 15) is 4.79 Å². The van der Waals surface area contributed by atoms with E-state index in [1.54, 1.807) is 34.4 Å². The fourth-order valence-corrected chi connectivity index (χ4v) is 3.67. The first-order valence-corrected chi connectivity index (χ1v) is 7.95. The van der Waals surface area contributed by atoms with Crippen LogP contribution in [0.5, 0.6) is 0 Å². The Hall–Kier alpha value is -3.27. The molecule has 1 aliphatic heterocycles. The third-order valence-corrected chi connectivity index (χ3v) is 4.76. The fraction of sp³-hybridized carbons (Fsp3) is 0.0714. The van der Waals surface area contributed by atoms with E-state index in [4.69, 9.17) is 4.42 Å². The fourth-order valence-electron chi connectivity index (χ4n) is 2.85. The van der Waals surface area contributed by atoms with Crippen LogP contribution in [0.4, 0.5) is 11.6 Å². The van der Waals surface area contributed by atoms with Crippen LogP contribution in [0, 0.1) is 0 Å². The number of furan rings is 1. The summed E-state index contributed by atoms with van der Waals surface area (Å²) in [4.78, 5) is 13.3. The summed E-state index contributed by atoms with van der Waals surface area (Å²) in [5.41, 5.74) is 1.26. The molecule has 0 bridgehead atoms. The third-order valence-electron chi connectivity index (χ3n) is 3.84. The van der Waals surface area contributed by atoms with Crippen LogP contribution in [0.2, 0.25) is 0 Å². The number of anilines is 2. The second-order valence-electron chi connectivity index (χ2n) is 5.16. The summed E-state index contributed by atoms with van der Waals surface area (Å²) in [6, 6.07) is 7.12. The van der Waals surface area contributed by atoms with Gasteiger partial charge in [-0.2, -0.15) is 9.78 Å². The summed E-state index contributed by atoms with van der Waals surface area (Å²) in [6.45, 7) is 0. The first kappa shape index (κ1) is 13.2. The Bertz CT molecular complexity index is 1070. The molecule has 4 aromatic rings. The molecule has 0 saturated heterocycles. The number of aromatic nitrogens is 6. The van der Waals surface area contributed by atoms with Crippen LogP contribution in [-0.2, 0) is 0 Å². The zero-order chi connectivity index (χ0) is 16.1. The SMILES string of the molecule is O=c1[nH]nc(-c2ccco2)c2c1Nc1nnnn1[C@H]2c1cccs1. The Kier molecular flexibility index (Phi) is 2.67. The third kappa shape index (κ3) is 1.77. The maximum atomic E-state index is 12.3. The lowest BCUT2D eigenvalue weighted by atomic mass is 9.99. The van der Waals surface area contributed by atoms with Crippen molar-refractivity contribution in [2.24, 2.45) is 0 Å². The smallest absolute Gasteiger partial charge is 0.288 e. The molecule has 118 valence electrons. The molecule has 24 heavy (non-hydrogen) atoms. The number of fused-ring (bicyclic) bond motifs is 2. The first-order valence-electron chi connectivity index (χ1n) is 7.07. The number of thiophene rings is 1. The van der Waals surface area contributed by atoms with Crippen LogP contribution in [0.1, 0.15) is 16.5 Å². The van der Waals surface area contributed by atoms with E-state index in [1.165, 1.54) is 0 Å². The molecule has 0 amide bonds. The lowest BCUT2D eigenvalue weighted by molar-refractivity contribution is 0.558. The summed E-state index contributed by atoms with van der Waals surface area (Å²) >= 11 is 1.56. The summed E-state index contributed by atoms with van der Waals surface area (Å²) in [7, 11) is 0. The molecule has 1 aliphatic rings. The number of nitrogens with one attached hydrogen (secondary N) is 2. The lowest BCUT2D eigenvalue weighted by Crippen LogP contribution is -2.28. The van der Waals surface area contributed by atoms with Crippen LogP contribution in [0.3, 0.4) is 0 Å². The highest BCUT2D eigenvalue weighted by molar-refractivity contribution is 7.10. The quantitative estimate of drug-likeness (QED) is 0.503. The Labute approximate surface area is 137 Å². The van der Waals surface area contributed by atoms with E-state index >= 15 is 0 Å². The van der Waals surface area contributed by atoms with Crippen LogP contribution in [0.15, 0.2) is 45.1 Å². The second-order valence-corrected chi connectivity index (χ2v) is 6.14. The Morgan fingerprint density at radius 1 is 1.29 bits per heavy atom. The molecule has 0 unspecified atom stereocenters. The molecule has 5 rings (SSSR count). The number of hydrogen-bond acceptors (Lipinski definition) is 8. The van der Waals surface area contributed by atoms with Gasteiger partial charge < -0.3 is 9.73 Å². The molecular weight excluding hydrogens is 330 g/mol. The van der Waals surface area contributed by atoms with Crippen molar-refractivity contribution in [1.82, 2.24) is 30.4 Å². The maximum absolute atomic E-state index is 12.3. The van der Waals surface area contributed by atoms with E-state index in [2.05, 4.69) is 31.0 Å². The number of H-pyrrole nitrogens is 1. The van der Waals surface area contributed by atoms with Gasteiger partial charge in [-0.05, 0) is 34.0 Å². The van der Waals surface area contributed by atoms with Gasteiger partial charge in [-0.15, -0.1) is 11.3 Å². The van der Waals surface area contributed by atoms with E-state index in [0.717, 1.165) is 4.88 Å². The average molecular weight is 339 g/mol. The summed E-state index contributed by atoms with van der Waals surface area (Å²) in [5.74, 6) is 0.963. The van der Waals surface area contributed by atoms with Crippen molar-refractivity contribution >= 4 is 23.0 Å². The van der Waals surface area contributed by atoms with Crippen molar-refractivity contribution in [3.05, 3.63) is 56.7 Å². The standard InChI is InChI=1S/C14H9N7O2S/c22-13-11-9(10(16-17-13)7-3-1-5-23-7)12(8-4-2-6-24-8)21-14(15-11)18-19-20-21/h1-6,12H,(H,17,22)(H,15,18,20)/t12-/m0/s1. The van der Waals surface area contributed by atoms with Crippen LogP contribution < -0.4 is 10.9 Å². The number of hydrogen-bond donors (Lipinski definition) is 2. The van der Waals surface area contributed by atoms with Gasteiger partial charge in [0.15, 0.2) is 5.76 Å². The molecule has 0 saturated carbocycles. The van der Waals surface area contributed by atoms with Crippen molar-refractivity contribution < 1.29 is 4.42 Å². The van der Waals surface area contributed by atoms with Crippen molar-refractivity contribution in [2.45, 2.75) is 6.04 Å². The molecule has 4 aromatic heterocycles. The first-order chi connectivity index (χ1) is 11.8. The lowest BCUT2D eigenvalue weighted by Gasteiger charge is -2.26. The molecule has 9 nitrogen and oxygen atoms in total. The predicted molar refractivity (Wildman–Crippen MR) is 85.2 cm³/mol. The highest BCUT2D eigenvalue weighted by Gasteiger charge is 2.35. The molecule has 0 fully saturated rings. The average Bonchev–Trinajstić information content (AvgIpc) is 3.34. The van der Waals surface area contributed by atoms with E-state index in [-0.39, 0.29) is 11.6 Å². The molecular formula is C14H9N7O2S. The van der Waals surface area contributed by atoms with E-state index in [1.807, 2.05) is 17.5 Å². The van der Waals surface area contributed by atoms with Gasteiger partial charge in [0.2, 0.25) is 5.95 Å². The zero-order valence-electron chi connectivity index (χ0n) is 12.0. The largest absolute Gasteiger partial charge is 0.463 e. The summed E-state index contributed by atoms with van der Waals surface area (Å²) < 4.78 is 7.13. The molecule has 10 heteroatoms. The maximum Gasteiger partial charge on any atom is 0.288 e. The summed E-state index contributed by atoms with van der Waals surface area (Å²) in [5, 5.41) is 23.4. The van der Waals surface area contributed by atoms with Crippen molar-refractivity contribution in [2.75, 3.05) is 5.32 Å². The van der Waals surface area contributed by atoms with Crippen LogP contribution in [-0.4, -0.2) is 30.4 Å². The second kappa shape index (κ2) is 4.86. The monoisotopic (exact) mass is 339 g/mol. The minimum Gasteiger partial charge on any atom is -0.463 e. The van der Waals surface area contributed by atoms with E-state index in [0.29, 0.717) is 28.7 Å². The van der Waals surface area contributed by atoms with E-state index < -0.39 is 0 Å². The summed E-state index contributed by atoms with van der Waals surface area (Å²) in [6.07, 6.45) is 1.56. The molecule has 0 spiro atoms. The Balaban J connectivity index is 1.86. The molecule has 0 aliphatic carbocycles. The van der Waals surface area contributed by atoms with Gasteiger partial charge in [0, 0.05) is 10.4 Å². The molecule has 0 radical (unpaired) electrons. The van der Waals surface area contributed by atoms with Gasteiger partial charge in [-0.3, -0.25) is 4.79 Å². The predicted octanol–water partition coefficient (Wildman–Crippen LogP) is 1.77. The minimum absolute atomic E-state index is 0.337. The molecule has 5 heterocycles. The van der Waals surface area contributed by atoms with Gasteiger partial charge in [0.25, 0.3) is 5.56 Å². The minimum atomic E-state index is -0.360. The van der Waals surface area contributed by atoms with Gasteiger partial charge in [-0.25, -0.2) is 5.10 Å². The highest BCUT2D eigenvalue weighted by atomic mass is 32.1. The topological polar surface area (TPSA) is 115 Å². The van der Waals surface area contributed by atoms with Gasteiger partial charge in [0.1, 0.15) is 17.4 Å². The van der Waals surface area contributed by atoms with Crippen molar-refractivity contribution in [3.8, 4) is 11.5 Å². The van der Waals surface area contributed by atoms with Crippen molar-refractivity contribution in [3.63, 3.8) is 0 Å². The highest BCUT2D eigenvalue weighted by Crippen LogP contribution is 2.42.